The van der Waals surface area contributed by atoms with E-state index in [0.717, 1.165) is 0 Å². The number of benzene rings is 2. The number of nitrogens with two attached hydrogens (primary N) is 1. The maximum absolute atomic E-state index is 12.7. The first-order valence-corrected chi connectivity index (χ1v) is 11.7. The van der Waals surface area contributed by atoms with Crippen LogP contribution in [0.3, 0.4) is 0 Å². The molecule has 0 unspecified atom stereocenters. The summed E-state index contributed by atoms with van der Waals surface area (Å²) in [6, 6.07) is 13.1. The minimum absolute atomic E-state index is 0.203. The maximum atomic E-state index is 12.7. The molecule has 0 atom stereocenters. The molecule has 0 saturated carbocycles. The number of carbonyl (C=O) groups excluding carboxylic acids is 1. The second-order valence-electron chi connectivity index (χ2n) is 6.89. The largest absolute Gasteiger partial charge is 0.465 e. The van der Waals surface area contributed by atoms with Crippen molar-refractivity contribution in [2.45, 2.75) is 18.7 Å². The number of anilines is 5. The lowest BCUT2D eigenvalue weighted by molar-refractivity contribution is 0.0602. The second-order valence-corrected chi connectivity index (χ2v) is 8.82. The summed E-state index contributed by atoms with van der Waals surface area (Å²) in [5.74, 6) is 0.121. The number of nitrogens with zero attached hydrogens (tertiary/aromatic N) is 3. The molecule has 33 heavy (non-hydrogen) atoms. The van der Waals surface area contributed by atoms with Gasteiger partial charge in [0.25, 0.3) is 0 Å². The summed E-state index contributed by atoms with van der Waals surface area (Å²) in [7, 11) is -2.24. The summed E-state index contributed by atoms with van der Waals surface area (Å²) >= 11 is 0. The van der Waals surface area contributed by atoms with E-state index in [9.17, 15) is 13.2 Å². The van der Waals surface area contributed by atoms with Gasteiger partial charge in [0.05, 0.1) is 23.3 Å². The summed E-state index contributed by atoms with van der Waals surface area (Å²) in [6.07, 6.45) is 1.32. The van der Waals surface area contributed by atoms with E-state index < -0.39 is 16.0 Å². The Bertz CT molecular complexity index is 1230. The number of nitrogen functional groups attached to an aromatic ring is 1. The molecule has 0 radical (unpaired) electrons. The second kappa shape index (κ2) is 10.3. The van der Waals surface area contributed by atoms with E-state index in [2.05, 4.69) is 20.6 Å². The minimum atomic E-state index is -3.55. The summed E-state index contributed by atoms with van der Waals surface area (Å²) in [4.78, 5) is 20.5. The highest BCUT2D eigenvalue weighted by Crippen LogP contribution is 2.30. The third-order valence-electron chi connectivity index (χ3n) is 4.93. The van der Waals surface area contributed by atoms with Crippen LogP contribution in [0.25, 0.3) is 0 Å². The summed E-state index contributed by atoms with van der Waals surface area (Å²) in [6.45, 7) is 4.38. The van der Waals surface area contributed by atoms with Crippen molar-refractivity contribution in [1.29, 1.82) is 0 Å². The molecule has 0 bridgehead atoms. The van der Waals surface area contributed by atoms with Gasteiger partial charge in [-0.15, -0.1) is 0 Å². The molecule has 0 amide bonds. The number of esters is 1. The molecule has 1 aromatic heterocycles. The zero-order valence-electron chi connectivity index (χ0n) is 18.6. The van der Waals surface area contributed by atoms with Crippen LogP contribution in [0.4, 0.5) is 28.7 Å². The van der Waals surface area contributed by atoms with Gasteiger partial charge in [-0.1, -0.05) is 26.0 Å². The van der Waals surface area contributed by atoms with Crippen molar-refractivity contribution in [2.24, 2.45) is 0 Å². The molecule has 174 valence electrons. The lowest BCUT2D eigenvalue weighted by atomic mass is 10.2. The normalized spacial score (nSPS) is 11.3. The molecule has 4 N–H and O–H groups in total. The standard InChI is InChI=1S/C22H26N6O4S/c1-4-28(5-2)33(30,31)16-12-10-15(11-13-16)26-20-19(23)21(25-14-24-20)27-18-9-7-6-8-17(18)22(29)32-3/h6-14H,4-5,23H2,1-3H3,(H2,24,25,26,27). The molecular weight excluding hydrogens is 444 g/mol. The van der Waals surface area contributed by atoms with E-state index in [-0.39, 0.29) is 10.6 Å². The molecule has 1 heterocycles. The van der Waals surface area contributed by atoms with Crippen LogP contribution >= 0.6 is 0 Å². The number of sulfonamides is 1. The first-order chi connectivity index (χ1) is 15.8. The van der Waals surface area contributed by atoms with Gasteiger partial charge in [-0.2, -0.15) is 4.31 Å². The van der Waals surface area contributed by atoms with Gasteiger partial charge in [0.1, 0.15) is 12.0 Å². The Labute approximate surface area is 192 Å². The Balaban J connectivity index is 1.83. The molecule has 0 aliphatic heterocycles. The third kappa shape index (κ3) is 5.21. The van der Waals surface area contributed by atoms with Crippen molar-refractivity contribution >= 4 is 44.7 Å². The topological polar surface area (TPSA) is 140 Å². The molecule has 11 heteroatoms. The van der Waals surface area contributed by atoms with Crippen LogP contribution in [0.5, 0.6) is 0 Å². The summed E-state index contributed by atoms with van der Waals surface area (Å²) in [5.41, 5.74) is 7.87. The molecule has 3 aromatic rings. The molecule has 3 rings (SSSR count). The van der Waals surface area contributed by atoms with Crippen LogP contribution in [0, 0.1) is 0 Å². The fourth-order valence-electron chi connectivity index (χ4n) is 3.16. The predicted molar refractivity (Wildman–Crippen MR) is 127 cm³/mol. The monoisotopic (exact) mass is 470 g/mol. The van der Waals surface area contributed by atoms with Gasteiger partial charge >= 0.3 is 5.97 Å². The Hall–Kier alpha value is -3.70. The lowest BCUT2D eigenvalue weighted by Gasteiger charge is -2.18. The van der Waals surface area contributed by atoms with Crippen LogP contribution in [0.2, 0.25) is 0 Å². The van der Waals surface area contributed by atoms with E-state index in [4.69, 9.17) is 10.5 Å². The quantitative estimate of drug-likeness (QED) is 0.402. The average Bonchev–Trinajstić information content (AvgIpc) is 2.82. The number of hydrogen-bond acceptors (Lipinski definition) is 9. The van der Waals surface area contributed by atoms with Crippen LogP contribution in [-0.4, -0.2) is 48.9 Å². The number of carbonyl (C=O) groups is 1. The van der Waals surface area contributed by atoms with Crippen molar-refractivity contribution in [3.05, 3.63) is 60.4 Å². The minimum Gasteiger partial charge on any atom is -0.465 e. The number of ether oxygens (including phenoxy) is 1. The average molecular weight is 471 g/mol. The van der Waals surface area contributed by atoms with Crippen LogP contribution in [-0.2, 0) is 14.8 Å². The van der Waals surface area contributed by atoms with Crippen molar-refractivity contribution in [1.82, 2.24) is 14.3 Å². The Morgan fingerprint density at radius 2 is 1.61 bits per heavy atom. The number of nitrogens with one attached hydrogen (secondary N) is 2. The van der Waals surface area contributed by atoms with Gasteiger partial charge in [-0.05, 0) is 36.4 Å². The zero-order chi connectivity index (χ0) is 24.0. The predicted octanol–water partition coefficient (Wildman–Crippen LogP) is 3.36. The lowest BCUT2D eigenvalue weighted by Crippen LogP contribution is -2.30. The number of aromatic nitrogens is 2. The summed E-state index contributed by atoms with van der Waals surface area (Å²) < 4.78 is 31.5. The van der Waals surface area contributed by atoms with E-state index in [1.165, 1.54) is 29.9 Å². The molecule has 0 aliphatic carbocycles. The van der Waals surface area contributed by atoms with Gasteiger partial charge in [0.15, 0.2) is 11.6 Å². The van der Waals surface area contributed by atoms with E-state index >= 15 is 0 Å². The molecule has 0 fully saturated rings. The van der Waals surface area contributed by atoms with Crippen LogP contribution < -0.4 is 16.4 Å². The van der Waals surface area contributed by atoms with Gasteiger partial charge in [0, 0.05) is 18.8 Å². The fraction of sp³-hybridized carbons (Fsp3) is 0.227. The fourth-order valence-corrected chi connectivity index (χ4v) is 4.62. The van der Waals surface area contributed by atoms with Gasteiger partial charge < -0.3 is 21.1 Å². The van der Waals surface area contributed by atoms with E-state index in [1.54, 1.807) is 50.2 Å². The maximum Gasteiger partial charge on any atom is 0.339 e. The number of methoxy groups -OCH3 is 1. The first-order valence-electron chi connectivity index (χ1n) is 10.2. The van der Waals surface area contributed by atoms with Crippen molar-refractivity contribution in [3.63, 3.8) is 0 Å². The molecule has 0 aliphatic rings. The highest BCUT2D eigenvalue weighted by Gasteiger charge is 2.21. The molecule has 0 saturated heterocycles. The van der Waals surface area contributed by atoms with Crippen molar-refractivity contribution in [3.8, 4) is 0 Å². The van der Waals surface area contributed by atoms with Crippen LogP contribution in [0.1, 0.15) is 24.2 Å². The van der Waals surface area contributed by atoms with Gasteiger partial charge in [-0.25, -0.2) is 23.2 Å². The first kappa shape index (κ1) is 24.0. The smallest absolute Gasteiger partial charge is 0.339 e. The van der Waals surface area contributed by atoms with Crippen molar-refractivity contribution < 1.29 is 17.9 Å². The Morgan fingerprint density at radius 1 is 1.00 bits per heavy atom. The van der Waals surface area contributed by atoms with Crippen LogP contribution in [0.15, 0.2) is 59.8 Å². The Kier molecular flexibility index (Phi) is 7.46. The number of para-hydroxylation sites is 1. The Morgan fingerprint density at radius 3 is 2.21 bits per heavy atom. The molecule has 0 spiro atoms. The van der Waals surface area contributed by atoms with Gasteiger partial charge in [0.2, 0.25) is 10.0 Å². The highest BCUT2D eigenvalue weighted by atomic mass is 32.2. The van der Waals surface area contributed by atoms with Crippen molar-refractivity contribution in [2.75, 3.05) is 36.6 Å². The number of hydrogen-bond donors (Lipinski definition) is 3. The molecular formula is C22H26N6O4S. The molecule has 10 nitrogen and oxygen atoms in total. The van der Waals surface area contributed by atoms with E-state index in [1.807, 2.05) is 0 Å². The highest BCUT2D eigenvalue weighted by molar-refractivity contribution is 7.89. The third-order valence-corrected chi connectivity index (χ3v) is 6.99. The zero-order valence-corrected chi connectivity index (χ0v) is 19.4. The van der Waals surface area contributed by atoms with Gasteiger partial charge in [-0.3, -0.25) is 0 Å². The summed E-state index contributed by atoms with van der Waals surface area (Å²) in [5, 5.41) is 6.10. The van der Waals surface area contributed by atoms with E-state index in [0.29, 0.717) is 41.7 Å². The number of rotatable bonds is 9. The SMILES string of the molecule is CCN(CC)S(=O)(=O)c1ccc(Nc2ncnc(Nc3ccccc3C(=O)OC)c2N)cc1. The molecule has 2 aromatic carbocycles.